The predicted molar refractivity (Wildman–Crippen MR) is 67.9 cm³/mol. The lowest BCUT2D eigenvalue weighted by Gasteiger charge is -2.20. The fourth-order valence-electron chi connectivity index (χ4n) is 1.72. The molecular formula is C14H26O. The van der Waals surface area contributed by atoms with Crippen LogP contribution in [0.2, 0.25) is 0 Å². The Morgan fingerprint density at radius 2 is 1.93 bits per heavy atom. The minimum Gasteiger partial charge on any atom is -0.393 e. The van der Waals surface area contributed by atoms with E-state index in [1.54, 1.807) is 0 Å². The fraction of sp³-hybridized carbons (Fsp3) is 0.714. The molecule has 2 atom stereocenters. The molecule has 0 fully saturated rings. The van der Waals surface area contributed by atoms with Gasteiger partial charge in [-0.15, -0.1) is 0 Å². The molecule has 88 valence electrons. The highest BCUT2D eigenvalue weighted by molar-refractivity contribution is 5.30. The maximum absolute atomic E-state index is 9.51. The van der Waals surface area contributed by atoms with E-state index in [1.807, 2.05) is 20.8 Å². The van der Waals surface area contributed by atoms with Crippen LogP contribution in [0.25, 0.3) is 0 Å². The van der Waals surface area contributed by atoms with E-state index in [-0.39, 0.29) is 6.10 Å². The Morgan fingerprint density at radius 1 is 1.33 bits per heavy atom. The van der Waals surface area contributed by atoms with Crippen molar-refractivity contribution in [3.8, 4) is 0 Å². The van der Waals surface area contributed by atoms with Crippen molar-refractivity contribution in [1.29, 1.82) is 0 Å². The Hall–Kier alpha value is -0.560. The number of hydrogen-bond donors (Lipinski definition) is 1. The SMILES string of the molecule is CC.CCC(O)CC1C=C(C)C(C)=CC1. The van der Waals surface area contributed by atoms with E-state index in [1.165, 1.54) is 11.1 Å². The van der Waals surface area contributed by atoms with Gasteiger partial charge in [0.1, 0.15) is 0 Å². The largest absolute Gasteiger partial charge is 0.393 e. The third kappa shape index (κ3) is 5.17. The molecule has 1 N–H and O–H groups in total. The molecule has 1 aliphatic rings. The lowest BCUT2D eigenvalue weighted by atomic mass is 9.88. The summed E-state index contributed by atoms with van der Waals surface area (Å²) in [5.41, 5.74) is 2.77. The minimum atomic E-state index is -0.124. The quantitative estimate of drug-likeness (QED) is 0.744. The van der Waals surface area contributed by atoms with Gasteiger partial charge in [0, 0.05) is 0 Å². The standard InChI is InChI=1S/C12H20O.C2H6/c1-4-12(13)8-11-6-5-9(2)10(3)7-11;1-2/h5,7,11-13H,4,6,8H2,1-3H3;1-2H3. The van der Waals surface area contributed by atoms with Crippen molar-refractivity contribution in [3.63, 3.8) is 0 Å². The maximum Gasteiger partial charge on any atom is 0.0543 e. The van der Waals surface area contributed by atoms with Gasteiger partial charge < -0.3 is 5.11 Å². The van der Waals surface area contributed by atoms with Gasteiger partial charge in [0.05, 0.1) is 6.10 Å². The number of hydrogen-bond acceptors (Lipinski definition) is 1. The first-order chi connectivity index (χ1) is 7.13. The molecule has 0 aliphatic heterocycles. The van der Waals surface area contributed by atoms with Crippen molar-refractivity contribution >= 4 is 0 Å². The number of aliphatic hydroxyl groups excluding tert-OH is 1. The van der Waals surface area contributed by atoms with Gasteiger partial charge in [0.25, 0.3) is 0 Å². The van der Waals surface area contributed by atoms with Crippen molar-refractivity contribution in [1.82, 2.24) is 0 Å². The second kappa shape index (κ2) is 7.70. The Labute approximate surface area is 94.9 Å². The molecule has 1 nitrogen and oxygen atoms in total. The second-order valence-corrected chi connectivity index (χ2v) is 4.03. The van der Waals surface area contributed by atoms with Crippen molar-refractivity contribution in [2.75, 3.05) is 0 Å². The molecule has 0 aromatic rings. The van der Waals surface area contributed by atoms with E-state index in [2.05, 4.69) is 26.0 Å². The van der Waals surface area contributed by atoms with Crippen molar-refractivity contribution in [3.05, 3.63) is 23.3 Å². The third-order valence-corrected chi connectivity index (χ3v) is 2.88. The van der Waals surface area contributed by atoms with Crippen LogP contribution in [0.5, 0.6) is 0 Å². The smallest absolute Gasteiger partial charge is 0.0543 e. The fourth-order valence-corrected chi connectivity index (χ4v) is 1.72. The maximum atomic E-state index is 9.51. The lowest BCUT2D eigenvalue weighted by Crippen LogP contribution is -2.12. The van der Waals surface area contributed by atoms with Crippen LogP contribution in [-0.2, 0) is 0 Å². The van der Waals surface area contributed by atoms with Gasteiger partial charge in [-0.1, -0.05) is 44.1 Å². The summed E-state index contributed by atoms with van der Waals surface area (Å²) in [5, 5.41) is 9.51. The topological polar surface area (TPSA) is 20.2 Å². The third-order valence-electron chi connectivity index (χ3n) is 2.88. The highest BCUT2D eigenvalue weighted by atomic mass is 16.3. The van der Waals surface area contributed by atoms with E-state index in [9.17, 15) is 5.11 Å². The van der Waals surface area contributed by atoms with Crippen LogP contribution in [0.3, 0.4) is 0 Å². The van der Waals surface area contributed by atoms with Gasteiger partial charge in [-0.25, -0.2) is 0 Å². The number of rotatable bonds is 3. The van der Waals surface area contributed by atoms with Crippen LogP contribution < -0.4 is 0 Å². The summed E-state index contributed by atoms with van der Waals surface area (Å²) >= 11 is 0. The molecule has 15 heavy (non-hydrogen) atoms. The highest BCUT2D eigenvalue weighted by Gasteiger charge is 2.13. The molecule has 1 rings (SSSR count). The van der Waals surface area contributed by atoms with Crippen molar-refractivity contribution in [2.24, 2.45) is 5.92 Å². The van der Waals surface area contributed by atoms with Crippen LogP contribution in [0, 0.1) is 5.92 Å². The summed E-state index contributed by atoms with van der Waals surface area (Å²) in [6.07, 6.45) is 7.33. The zero-order chi connectivity index (χ0) is 11.8. The molecule has 0 heterocycles. The summed E-state index contributed by atoms with van der Waals surface area (Å²) in [4.78, 5) is 0. The Kier molecular flexibility index (Phi) is 7.41. The molecule has 0 bridgehead atoms. The zero-order valence-corrected chi connectivity index (χ0v) is 10.9. The molecule has 1 heteroatoms. The Morgan fingerprint density at radius 3 is 2.40 bits per heavy atom. The molecule has 0 aromatic carbocycles. The average molecular weight is 210 g/mol. The first-order valence-electron chi connectivity index (χ1n) is 6.17. The van der Waals surface area contributed by atoms with Gasteiger partial charge in [0.2, 0.25) is 0 Å². The summed E-state index contributed by atoms with van der Waals surface area (Å²) in [6.45, 7) is 10.3. The van der Waals surface area contributed by atoms with Crippen LogP contribution in [0.4, 0.5) is 0 Å². The highest BCUT2D eigenvalue weighted by Crippen LogP contribution is 2.25. The van der Waals surface area contributed by atoms with Gasteiger partial charge in [-0.2, -0.15) is 0 Å². The Balaban J connectivity index is 0.000000921. The van der Waals surface area contributed by atoms with Gasteiger partial charge in [-0.3, -0.25) is 0 Å². The molecule has 0 radical (unpaired) electrons. The molecule has 2 unspecified atom stereocenters. The molecule has 0 aromatic heterocycles. The zero-order valence-electron chi connectivity index (χ0n) is 10.9. The second-order valence-electron chi connectivity index (χ2n) is 4.03. The number of allylic oxidation sites excluding steroid dienone is 4. The van der Waals surface area contributed by atoms with E-state index < -0.39 is 0 Å². The van der Waals surface area contributed by atoms with Crippen LogP contribution in [0.1, 0.15) is 53.9 Å². The minimum absolute atomic E-state index is 0.124. The van der Waals surface area contributed by atoms with Gasteiger partial charge in [-0.05, 0) is 39.0 Å². The van der Waals surface area contributed by atoms with Crippen LogP contribution in [0.15, 0.2) is 23.3 Å². The summed E-state index contributed by atoms with van der Waals surface area (Å²) in [6, 6.07) is 0. The first-order valence-corrected chi connectivity index (χ1v) is 6.17. The Bertz CT molecular complexity index is 225. The van der Waals surface area contributed by atoms with E-state index in [0.29, 0.717) is 5.92 Å². The van der Waals surface area contributed by atoms with E-state index >= 15 is 0 Å². The summed E-state index contributed by atoms with van der Waals surface area (Å²) in [5.74, 6) is 0.554. The van der Waals surface area contributed by atoms with Gasteiger partial charge >= 0.3 is 0 Å². The van der Waals surface area contributed by atoms with Crippen LogP contribution in [-0.4, -0.2) is 11.2 Å². The van der Waals surface area contributed by atoms with Crippen molar-refractivity contribution in [2.45, 2.75) is 60.0 Å². The molecule has 0 amide bonds. The molecule has 0 spiro atoms. The first kappa shape index (κ1) is 14.4. The summed E-state index contributed by atoms with van der Waals surface area (Å²) in [7, 11) is 0. The number of aliphatic hydroxyl groups is 1. The van der Waals surface area contributed by atoms with Gasteiger partial charge in [0.15, 0.2) is 0 Å². The van der Waals surface area contributed by atoms with Crippen LogP contribution >= 0.6 is 0 Å². The normalized spacial score (nSPS) is 22.1. The average Bonchev–Trinajstić information content (AvgIpc) is 2.26. The molecule has 0 saturated heterocycles. The molecule has 0 saturated carbocycles. The van der Waals surface area contributed by atoms with Crippen molar-refractivity contribution < 1.29 is 5.11 Å². The lowest BCUT2D eigenvalue weighted by molar-refractivity contribution is 0.146. The molecule has 1 aliphatic carbocycles. The monoisotopic (exact) mass is 210 g/mol. The summed E-state index contributed by atoms with van der Waals surface area (Å²) < 4.78 is 0. The predicted octanol–water partition coefficient (Wildman–Crippen LogP) is 4.09. The van der Waals surface area contributed by atoms with E-state index in [0.717, 1.165) is 19.3 Å². The molecular weight excluding hydrogens is 184 g/mol. The van der Waals surface area contributed by atoms with E-state index in [4.69, 9.17) is 0 Å².